The molecule has 0 aliphatic rings. The number of aliphatic carboxylic acids is 1. The van der Waals surface area contributed by atoms with Crippen molar-refractivity contribution in [3.8, 4) is 0 Å². The third-order valence-electron chi connectivity index (χ3n) is 10.6. The molecule has 0 radical (unpaired) electrons. The van der Waals surface area contributed by atoms with E-state index in [0.29, 0.717) is 19.3 Å². The number of phosphoric ester groups is 1. The van der Waals surface area contributed by atoms with Crippen molar-refractivity contribution in [2.45, 2.75) is 238 Å². The molecule has 0 heterocycles. The largest absolute Gasteiger partial charge is 0.480 e. The molecule has 0 bridgehead atoms. The number of allylic oxidation sites excluding steroid dienone is 6. The third-order valence-corrected chi connectivity index (χ3v) is 11.5. The second kappa shape index (κ2) is 44.3. The summed E-state index contributed by atoms with van der Waals surface area (Å²) in [6, 6.07) is -1.53. The summed E-state index contributed by atoms with van der Waals surface area (Å²) in [7, 11) is -4.73. The molecule has 0 spiro atoms. The number of carboxylic acids is 1. The van der Waals surface area contributed by atoms with E-state index in [2.05, 4.69) is 48.8 Å². The summed E-state index contributed by atoms with van der Waals surface area (Å²) < 4.78 is 32.7. The average molecular weight is 884 g/mol. The first-order valence-corrected chi connectivity index (χ1v) is 26.0. The number of carbonyl (C=O) groups excluding carboxylic acids is 2. The molecule has 0 saturated carbocycles. The second-order valence-electron chi connectivity index (χ2n) is 16.6. The summed E-state index contributed by atoms with van der Waals surface area (Å²) in [6.07, 6.45) is 49.4. The lowest BCUT2D eigenvalue weighted by Crippen LogP contribution is -2.34. The van der Waals surface area contributed by atoms with Gasteiger partial charge in [-0.15, -0.1) is 0 Å². The minimum Gasteiger partial charge on any atom is -0.480 e. The van der Waals surface area contributed by atoms with Gasteiger partial charge >= 0.3 is 25.7 Å². The van der Waals surface area contributed by atoms with E-state index < -0.39 is 51.1 Å². The first-order chi connectivity index (χ1) is 29.6. The van der Waals surface area contributed by atoms with Gasteiger partial charge in [-0.25, -0.2) is 4.57 Å². The first kappa shape index (κ1) is 58.7. The highest BCUT2D eigenvalue weighted by Crippen LogP contribution is 2.43. The lowest BCUT2D eigenvalue weighted by molar-refractivity contribution is -0.161. The fraction of sp³-hybridized carbons (Fsp3) is 0.816. The molecule has 0 aliphatic heterocycles. The molecule has 0 aromatic rings. The Kier molecular flexibility index (Phi) is 42.6. The molecule has 11 nitrogen and oxygen atoms in total. The Morgan fingerprint density at radius 3 is 1.30 bits per heavy atom. The van der Waals surface area contributed by atoms with Crippen LogP contribution in [-0.2, 0) is 37.5 Å². The number of hydrogen-bond acceptors (Lipinski definition) is 9. The summed E-state index contributed by atoms with van der Waals surface area (Å²) >= 11 is 0. The summed E-state index contributed by atoms with van der Waals surface area (Å²) in [5.41, 5.74) is 5.34. The molecule has 0 saturated heterocycles. The van der Waals surface area contributed by atoms with Gasteiger partial charge in [0.05, 0.1) is 13.2 Å². The van der Waals surface area contributed by atoms with E-state index in [9.17, 15) is 23.8 Å². The van der Waals surface area contributed by atoms with Crippen LogP contribution in [0.4, 0.5) is 0 Å². The Hall–Kier alpha value is -2.30. The predicted molar refractivity (Wildman–Crippen MR) is 249 cm³/mol. The van der Waals surface area contributed by atoms with E-state index in [1.165, 1.54) is 122 Å². The van der Waals surface area contributed by atoms with Crippen molar-refractivity contribution in [3.63, 3.8) is 0 Å². The van der Waals surface area contributed by atoms with Crippen LogP contribution in [-0.4, -0.2) is 59.9 Å². The fourth-order valence-electron chi connectivity index (χ4n) is 6.73. The van der Waals surface area contributed by atoms with Gasteiger partial charge in [0, 0.05) is 12.8 Å². The van der Waals surface area contributed by atoms with Crippen LogP contribution < -0.4 is 5.73 Å². The first-order valence-electron chi connectivity index (χ1n) is 24.5. The van der Waals surface area contributed by atoms with Crippen LogP contribution in [0, 0.1) is 0 Å². The summed E-state index contributed by atoms with van der Waals surface area (Å²) in [6.45, 7) is 2.77. The second-order valence-corrected chi connectivity index (χ2v) is 18.0. The number of phosphoric acid groups is 1. The highest BCUT2D eigenvalue weighted by Gasteiger charge is 2.28. The topological polar surface area (TPSA) is 172 Å². The number of carboxylic acid groups (broad SMARTS) is 1. The van der Waals surface area contributed by atoms with Crippen LogP contribution in [0.3, 0.4) is 0 Å². The van der Waals surface area contributed by atoms with Crippen molar-refractivity contribution in [2.24, 2.45) is 5.73 Å². The molecule has 0 fully saturated rings. The lowest BCUT2D eigenvalue weighted by Gasteiger charge is -2.20. The van der Waals surface area contributed by atoms with Gasteiger partial charge in [0.15, 0.2) is 6.10 Å². The number of unbranched alkanes of at least 4 members (excludes halogenated alkanes) is 26. The molecule has 3 atom stereocenters. The van der Waals surface area contributed by atoms with E-state index in [4.69, 9.17) is 24.8 Å². The molecule has 356 valence electrons. The van der Waals surface area contributed by atoms with Crippen LogP contribution in [0.2, 0.25) is 0 Å². The van der Waals surface area contributed by atoms with Crippen molar-refractivity contribution in [2.75, 3.05) is 19.8 Å². The zero-order valence-corrected chi connectivity index (χ0v) is 39.7. The molecule has 0 aromatic heterocycles. The van der Waals surface area contributed by atoms with Crippen LogP contribution in [0.1, 0.15) is 226 Å². The van der Waals surface area contributed by atoms with Gasteiger partial charge in [-0.05, 0) is 70.6 Å². The lowest BCUT2D eigenvalue weighted by atomic mass is 10.0. The molecule has 0 aromatic carbocycles. The molecule has 12 heteroatoms. The van der Waals surface area contributed by atoms with Gasteiger partial charge in [0.25, 0.3) is 0 Å². The molecule has 0 aliphatic carbocycles. The fourth-order valence-corrected chi connectivity index (χ4v) is 7.51. The van der Waals surface area contributed by atoms with Crippen LogP contribution in [0.5, 0.6) is 0 Å². The average Bonchev–Trinajstić information content (AvgIpc) is 3.24. The van der Waals surface area contributed by atoms with Gasteiger partial charge in [0.1, 0.15) is 12.6 Å². The molecular weight excluding hydrogens is 794 g/mol. The number of nitrogens with two attached hydrogens (primary N) is 1. The SMILES string of the molecule is CCCCCCC/C=C/CCCCCCCC(=O)OC[C@@H](COP(=O)(O)OC[C@H](N)C(=O)O)OC(=O)CCC/C=C/CC/C=C/CCCCCCCCCCCCCCCC. The third kappa shape index (κ3) is 44.1. The van der Waals surface area contributed by atoms with E-state index in [1.54, 1.807) is 0 Å². The van der Waals surface area contributed by atoms with Crippen molar-refractivity contribution in [1.29, 1.82) is 0 Å². The van der Waals surface area contributed by atoms with Crippen molar-refractivity contribution >= 4 is 25.7 Å². The maximum atomic E-state index is 12.6. The van der Waals surface area contributed by atoms with E-state index in [1.807, 2.05) is 6.08 Å². The van der Waals surface area contributed by atoms with Gasteiger partial charge in [-0.3, -0.25) is 23.4 Å². The highest BCUT2D eigenvalue weighted by molar-refractivity contribution is 7.47. The maximum Gasteiger partial charge on any atom is 0.472 e. The zero-order chi connectivity index (χ0) is 44.9. The number of hydrogen-bond donors (Lipinski definition) is 3. The predicted octanol–water partition coefficient (Wildman–Crippen LogP) is 13.6. The van der Waals surface area contributed by atoms with E-state index in [-0.39, 0.29) is 19.4 Å². The minimum absolute atomic E-state index is 0.101. The Morgan fingerprint density at radius 1 is 0.492 bits per heavy atom. The Bertz CT molecular complexity index is 1180. The normalized spacial score (nSPS) is 13.9. The maximum absolute atomic E-state index is 12.6. The van der Waals surface area contributed by atoms with E-state index >= 15 is 0 Å². The number of ether oxygens (including phenoxy) is 2. The minimum atomic E-state index is -4.73. The summed E-state index contributed by atoms with van der Waals surface area (Å²) in [5, 5.41) is 8.90. The Morgan fingerprint density at radius 2 is 0.852 bits per heavy atom. The molecule has 61 heavy (non-hydrogen) atoms. The van der Waals surface area contributed by atoms with Crippen LogP contribution in [0.15, 0.2) is 36.5 Å². The van der Waals surface area contributed by atoms with E-state index in [0.717, 1.165) is 57.8 Å². The molecule has 0 amide bonds. The molecular formula is C49H90NO10P. The number of esters is 2. The monoisotopic (exact) mass is 884 g/mol. The molecule has 0 rings (SSSR count). The van der Waals surface area contributed by atoms with Crippen LogP contribution in [0.25, 0.3) is 0 Å². The van der Waals surface area contributed by atoms with Gasteiger partial charge in [-0.2, -0.15) is 0 Å². The number of rotatable bonds is 46. The Balaban J connectivity index is 4.31. The van der Waals surface area contributed by atoms with Crippen LogP contribution >= 0.6 is 7.82 Å². The van der Waals surface area contributed by atoms with Crippen molar-refractivity contribution < 1.29 is 47.5 Å². The van der Waals surface area contributed by atoms with Crippen molar-refractivity contribution in [3.05, 3.63) is 36.5 Å². The van der Waals surface area contributed by atoms with Crippen molar-refractivity contribution in [1.82, 2.24) is 0 Å². The quantitative estimate of drug-likeness (QED) is 0.0230. The van der Waals surface area contributed by atoms with Gasteiger partial charge in [0.2, 0.25) is 0 Å². The summed E-state index contributed by atoms with van der Waals surface area (Å²) in [5.74, 6) is -2.44. The zero-order valence-electron chi connectivity index (χ0n) is 38.8. The molecule has 4 N–H and O–H groups in total. The smallest absolute Gasteiger partial charge is 0.472 e. The number of carbonyl (C=O) groups is 3. The standard InChI is InChI=1S/C49H90NO10P/c1-3-5-7-9-11-13-15-17-19-20-21-22-23-24-25-26-27-29-31-33-35-37-39-41-48(52)60-45(43-58-61(55,56)59-44-46(50)49(53)54)42-57-47(51)40-38-36-34-32-30-28-18-16-14-12-10-8-6-4-2/h16,18,26-27,33,35,45-46H,3-15,17,19-25,28-32,34,36-44,50H2,1-2H3,(H,53,54)(H,55,56)/b18-16+,27-26+,35-33+/t45-,46-/m0/s1. The van der Waals surface area contributed by atoms with Gasteiger partial charge in [-0.1, -0.05) is 179 Å². The highest BCUT2D eigenvalue weighted by atomic mass is 31.2. The van der Waals surface area contributed by atoms with Gasteiger partial charge < -0.3 is 25.2 Å². The summed E-state index contributed by atoms with van der Waals surface area (Å²) in [4.78, 5) is 46.0. The molecule has 1 unspecified atom stereocenters. The Labute approximate surface area is 372 Å².